The van der Waals surface area contributed by atoms with Crippen molar-refractivity contribution in [1.29, 1.82) is 0 Å². The standard InChI is InChI=1S/C30H39Cl/c1-3-5-6-7-8-10-24-13-18-27(19-14-24)28-20-15-25(16-21-28)11-12-26-17-22-29(9-4-2)30(31)23-26/h13-14,17-19,22-23,25,28H,3-10,15-16,20-21H2,1-2H3/t25-,28-. The number of aryl methyl sites for hydroxylation is 2. The minimum absolute atomic E-state index is 0.521. The smallest absolute Gasteiger partial charge is 0.0450 e. The number of hydrogen-bond donors (Lipinski definition) is 0. The second-order valence-electron chi connectivity index (χ2n) is 9.28. The first-order valence-electron chi connectivity index (χ1n) is 12.6. The molecule has 166 valence electrons. The lowest BCUT2D eigenvalue weighted by Crippen LogP contribution is -2.12. The third-order valence-electron chi connectivity index (χ3n) is 6.74. The van der Waals surface area contributed by atoms with E-state index in [-0.39, 0.29) is 0 Å². The van der Waals surface area contributed by atoms with E-state index in [1.165, 1.54) is 80.9 Å². The van der Waals surface area contributed by atoms with E-state index >= 15 is 0 Å². The van der Waals surface area contributed by atoms with Gasteiger partial charge in [-0.2, -0.15) is 0 Å². The summed E-state index contributed by atoms with van der Waals surface area (Å²) >= 11 is 6.41. The van der Waals surface area contributed by atoms with E-state index in [4.69, 9.17) is 11.6 Å². The molecule has 1 aliphatic carbocycles. The van der Waals surface area contributed by atoms with Crippen molar-refractivity contribution in [2.75, 3.05) is 0 Å². The molecule has 0 heterocycles. The zero-order valence-corrected chi connectivity index (χ0v) is 20.3. The molecule has 0 radical (unpaired) electrons. The van der Waals surface area contributed by atoms with Gasteiger partial charge in [0.15, 0.2) is 0 Å². The van der Waals surface area contributed by atoms with Crippen LogP contribution in [0.4, 0.5) is 0 Å². The van der Waals surface area contributed by atoms with Gasteiger partial charge in [-0.1, -0.05) is 99.7 Å². The minimum atomic E-state index is 0.521. The van der Waals surface area contributed by atoms with Gasteiger partial charge < -0.3 is 0 Å². The van der Waals surface area contributed by atoms with Crippen molar-refractivity contribution in [3.05, 3.63) is 69.7 Å². The van der Waals surface area contributed by atoms with Gasteiger partial charge >= 0.3 is 0 Å². The molecular weight excluding hydrogens is 396 g/mol. The van der Waals surface area contributed by atoms with E-state index in [9.17, 15) is 0 Å². The van der Waals surface area contributed by atoms with Crippen molar-refractivity contribution in [2.24, 2.45) is 5.92 Å². The lowest BCUT2D eigenvalue weighted by molar-refractivity contribution is 0.384. The molecule has 0 N–H and O–H groups in total. The van der Waals surface area contributed by atoms with Crippen molar-refractivity contribution in [1.82, 2.24) is 0 Å². The number of hydrogen-bond acceptors (Lipinski definition) is 0. The molecular formula is C30H39Cl. The molecule has 3 rings (SSSR count). The highest BCUT2D eigenvalue weighted by molar-refractivity contribution is 6.31. The van der Waals surface area contributed by atoms with Crippen molar-refractivity contribution >= 4 is 11.6 Å². The van der Waals surface area contributed by atoms with Gasteiger partial charge in [0.05, 0.1) is 0 Å². The predicted octanol–water partition coefficient (Wildman–Crippen LogP) is 9.13. The van der Waals surface area contributed by atoms with Crippen LogP contribution in [0.25, 0.3) is 0 Å². The Kier molecular flexibility index (Phi) is 10.0. The highest BCUT2D eigenvalue weighted by Gasteiger charge is 2.21. The second-order valence-corrected chi connectivity index (χ2v) is 9.69. The predicted molar refractivity (Wildman–Crippen MR) is 136 cm³/mol. The fourth-order valence-electron chi connectivity index (χ4n) is 4.74. The number of halogens is 1. The Hall–Kier alpha value is -1.71. The normalized spacial score (nSPS) is 18.4. The van der Waals surface area contributed by atoms with Crippen LogP contribution in [0.1, 0.15) is 106 Å². The Morgan fingerprint density at radius 3 is 2.23 bits per heavy atom. The van der Waals surface area contributed by atoms with E-state index in [1.54, 1.807) is 0 Å². The maximum Gasteiger partial charge on any atom is 0.0450 e. The van der Waals surface area contributed by atoms with Crippen LogP contribution in [0.15, 0.2) is 42.5 Å². The van der Waals surface area contributed by atoms with Crippen LogP contribution >= 0.6 is 11.6 Å². The van der Waals surface area contributed by atoms with Crippen LogP contribution in [0.3, 0.4) is 0 Å². The molecule has 31 heavy (non-hydrogen) atoms. The molecule has 2 aromatic carbocycles. The fraction of sp³-hybridized carbons (Fsp3) is 0.533. The number of unbranched alkanes of at least 4 members (excludes halogenated alkanes) is 4. The van der Waals surface area contributed by atoms with Crippen LogP contribution in [-0.4, -0.2) is 0 Å². The molecule has 1 aliphatic rings. The summed E-state index contributed by atoms with van der Waals surface area (Å²) in [6.45, 7) is 4.46. The van der Waals surface area contributed by atoms with E-state index in [1.807, 2.05) is 6.07 Å². The number of benzene rings is 2. The van der Waals surface area contributed by atoms with E-state index in [0.29, 0.717) is 11.8 Å². The topological polar surface area (TPSA) is 0 Å². The Balaban J connectivity index is 1.45. The maximum atomic E-state index is 6.41. The van der Waals surface area contributed by atoms with Crippen LogP contribution in [-0.2, 0) is 12.8 Å². The summed E-state index contributed by atoms with van der Waals surface area (Å²) in [7, 11) is 0. The minimum Gasteiger partial charge on any atom is -0.0945 e. The summed E-state index contributed by atoms with van der Waals surface area (Å²) in [6.07, 6.45) is 15.1. The van der Waals surface area contributed by atoms with Gasteiger partial charge in [-0.05, 0) is 79.7 Å². The molecule has 1 fully saturated rings. The molecule has 0 atom stereocenters. The molecule has 2 aromatic rings. The highest BCUT2D eigenvalue weighted by atomic mass is 35.5. The van der Waals surface area contributed by atoms with Gasteiger partial charge in [0.25, 0.3) is 0 Å². The Bertz CT molecular complexity index is 844. The molecule has 0 aliphatic heterocycles. The van der Waals surface area contributed by atoms with Gasteiger partial charge in [0.2, 0.25) is 0 Å². The van der Waals surface area contributed by atoms with Gasteiger partial charge in [0.1, 0.15) is 0 Å². The molecule has 1 saturated carbocycles. The van der Waals surface area contributed by atoms with E-state index in [0.717, 1.165) is 23.4 Å². The van der Waals surface area contributed by atoms with Crippen molar-refractivity contribution in [2.45, 2.75) is 96.8 Å². The summed E-state index contributed by atoms with van der Waals surface area (Å²) in [4.78, 5) is 0. The molecule has 0 bridgehead atoms. The zero-order valence-electron chi connectivity index (χ0n) is 19.6. The molecule has 0 saturated heterocycles. The van der Waals surface area contributed by atoms with Gasteiger partial charge in [0, 0.05) is 16.5 Å². The highest BCUT2D eigenvalue weighted by Crippen LogP contribution is 2.35. The molecule has 0 amide bonds. The van der Waals surface area contributed by atoms with Crippen LogP contribution in [0, 0.1) is 17.8 Å². The Morgan fingerprint density at radius 2 is 1.55 bits per heavy atom. The lowest BCUT2D eigenvalue weighted by Gasteiger charge is -2.26. The summed E-state index contributed by atoms with van der Waals surface area (Å²) in [5.74, 6) is 8.14. The van der Waals surface area contributed by atoms with E-state index in [2.05, 4.69) is 62.1 Å². The third-order valence-corrected chi connectivity index (χ3v) is 7.09. The lowest BCUT2D eigenvalue weighted by atomic mass is 9.78. The van der Waals surface area contributed by atoms with Crippen molar-refractivity contribution in [3.8, 4) is 11.8 Å². The second kappa shape index (κ2) is 13.0. The quantitative estimate of drug-likeness (QED) is 0.272. The van der Waals surface area contributed by atoms with Gasteiger partial charge in [-0.25, -0.2) is 0 Å². The summed E-state index contributed by atoms with van der Waals surface area (Å²) < 4.78 is 0. The Morgan fingerprint density at radius 1 is 0.806 bits per heavy atom. The maximum absolute atomic E-state index is 6.41. The first kappa shape index (κ1) is 23.9. The molecule has 1 heteroatoms. The first-order chi connectivity index (χ1) is 15.2. The summed E-state index contributed by atoms with van der Waals surface area (Å²) in [6, 6.07) is 15.8. The largest absolute Gasteiger partial charge is 0.0945 e. The SMILES string of the molecule is CCCCCCCc1ccc([C@H]2CC[C@H](C#Cc3ccc(CCC)c(Cl)c3)CC2)cc1. The van der Waals surface area contributed by atoms with Crippen LogP contribution < -0.4 is 0 Å². The monoisotopic (exact) mass is 434 g/mol. The molecule has 0 aromatic heterocycles. The summed E-state index contributed by atoms with van der Waals surface area (Å²) in [5, 5.41) is 0.863. The van der Waals surface area contributed by atoms with E-state index < -0.39 is 0 Å². The van der Waals surface area contributed by atoms with Gasteiger partial charge in [-0.3, -0.25) is 0 Å². The average molecular weight is 435 g/mol. The molecule has 0 spiro atoms. The van der Waals surface area contributed by atoms with Crippen LogP contribution in [0.5, 0.6) is 0 Å². The Labute approximate surface area is 195 Å². The molecule has 0 unspecified atom stereocenters. The summed E-state index contributed by atoms with van der Waals surface area (Å²) in [5.41, 5.74) is 5.32. The average Bonchev–Trinajstić information content (AvgIpc) is 2.80. The van der Waals surface area contributed by atoms with Gasteiger partial charge in [-0.15, -0.1) is 0 Å². The third kappa shape index (κ3) is 7.73. The van der Waals surface area contributed by atoms with Crippen molar-refractivity contribution in [3.63, 3.8) is 0 Å². The van der Waals surface area contributed by atoms with Crippen LogP contribution in [0.2, 0.25) is 5.02 Å². The first-order valence-corrected chi connectivity index (χ1v) is 13.0. The molecule has 0 nitrogen and oxygen atoms in total. The number of rotatable bonds is 9. The fourth-order valence-corrected chi connectivity index (χ4v) is 5.02. The zero-order chi connectivity index (χ0) is 21.9. The van der Waals surface area contributed by atoms with Crippen molar-refractivity contribution < 1.29 is 0 Å².